The van der Waals surface area contributed by atoms with Gasteiger partial charge < -0.3 is 9.47 Å². The van der Waals surface area contributed by atoms with Crippen LogP contribution in [0.2, 0.25) is 0 Å². The second kappa shape index (κ2) is 7.62. The molecule has 1 amide bonds. The zero-order valence-electron chi connectivity index (χ0n) is 18.3. The van der Waals surface area contributed by atoms with Crippen molar-refractivity contribution >= 4 is 33.8 Å². The van der Waals surface area contributed by atoms with E-state index in [1.807, 2.05) is 29.2 Å². The number of rotatable bonds is 4. The number of hydrogen-bond acceptors (Lipinski definition) is 3. The summed E-state index contributed by atoms with van der Waals surface area (Å²) in [5, 5.41) is 6.77. The molecule has 4 heterocycles. The number of aryl methyl sites for hydroxylation is 1. The molecule has 0 N–H and O–H groups in total. The molecule has 0 bridgehead atoms. The molecule has 1 aliphatic heterocycles. The number of nitrogens with zero attached hydrogens (tertiary/aromatic N) is 5. The van der Waals surface area contributed by atoms with Crippen molar-refractivity contribution < 1.29 is 4.79 Å². The quantitative estimate of drug-likeness (QED) is 0.485. The van der Waals surface area contributed by atoms with E-state index in [1.165, 1.54) is 16.5 Å². The molecule has 1 fully saturated rings. The maximum Gasteiger partial charge on any atom is 0.224 e. The Bertz CT molecular complexity index is 1350. The number of carbonyl (C=O) groups excluding carboxylic acids is 1. The van der Waals surface area contributed by atoms with Crippen LogP contribution in [-0.4, -0.2) is 43.2 Å². The van der Waals surface area contributed by atoms with Gasteiger partial charge in [0.05, 0.1) is 35.5 Å². The number of hydrogen-bond donors (Lipinski definition) is 0. The van der Waals surface area contributed by atoms with Gasteiger partial charge in [-0.25, -0.2) is 0 Å². The number of likely N-dealkylation sites (tertiary alicyclic amines) is 1. The van der Waals surface area contributed by atoms with Crippen LogP contribution in [0.25, 0.3) is 27.9 Å². The van der Waals surface area contributed by atoms with Gasteiger partial charge in [0.2, 0.25) is 5.91 Å². The third kappa shape index (κ3) is 3.13. The number of para-hydroxylation sites is 1. The highest BCUT2D eigenvalue weighted by atomic mass is 16.2. The van der Waals surface area contributed by atoms with Crippen molar-refractivity contribution in [3.05, 3.63) is 66.3 Å². The summed E-state index contributed by atoms with van der Waals surface area (Å²) in [5.41, 5.74) is 4.74. The van der Waals surface area contributed by atoms with Crippen molar-refractivity contribution in [3.8, 4) is 0 Å². The van der Waals surface area contributed by atoms with E-state index in [1.54, 1.807) is 0 Å². The summed E-state index contributed by atoms with van der Waals surface area (Å²) in [4.78, 5) is 19.8. The predicted molar refractivity (Wildman–Crippen MR) is 126 cm³/mol. The Kier molecular flexibility index (Phi) is 4.59. The van der Waals surface area contributed by atoms with Crippen LogP contribution in [0.4, 0.5) is 0 Å². The third-order valence-corrected chi connectivity index (χ3v) is 7.18. The molecule has 6 nitrogen and oxygen atoms in total. The Hall–Kier alpha value is -3.41. The van der Waals surface area contributed by atoms with Crippen LogP contribution in [0.15, 0.2) is 55.0 Å². The fraction of sp³-hybridized carbons (Fsp3) is 0.346. The minimum Gasteiger partial charge on any atom is -0.342 e. The van der Waals surface area contributed by atoms with Gasteiger partial charge in [-0.05, 0) is 24.5 Å². The Morgan fingerprint density at radius 1 is 1.16 bits per heavy atom. The maximum absolute atomic E-state index is 13.2. The average molecular weight is 426 g/mol. The van der Waals surface area contributed by atoms with Crippen molar-refractivity contribution in [1.29, 1.82) is 0 Å². The number of benzene rings is 1. The standard InChI is InChI=1S/C26H27N5O/c1-18-9-12-29(25(32)11-14-31-23-8-3-2-5-19(23)16-28-31)17-24(18)30-13-10-20-15-27-22-7-4-6-21(22)26(20)30/h2-6,8,10,13,15-16,18,24H,7,9,11-12,14,17H2,1H3/t18-,24+/m1/s1. The number of amides is 1. The minimum atomic E-state index is 0.213. The number of fused-ring (bicyclic) bond motifs is 4. The molecule has 2 atom stereocenters. The number of pyridine rings is 1. The summed E-state index contributed by atoms with van der Waals surface area (Å²) in [6, 6.07) is 10.6. The summed E-state index contributed by atoms with van der Waals surface area (Å²) in [7, 11) is 0. The van der Waals surface area contributed by atoms with Crippen LogP contribution in [0.1, 0.15) is 37.1 Å². The maximum atomic E-state index is 13.2. The van der Waals surface area contributed by atoms with Gasteiger partial charge in [0.1, 0.15) is 0 Å². The first kappa shape index (κ1) is 19.3. The summed E-state index contributed by atoms with van der Waals surface area (Å²) in [6.07, 6.45) is 12.8. The topological polar surface area (TPSA) is 56.0 Å². The van der Waals surface area contributed by atoms with Gasteiger partial charge in [-0.15, -0.1) is 0 Å². The van der Waals surface area contributed by atoms with Crippen LogP contribution >= 0.6 is 0 Å². The largest absolute Gasteiger partial charge is 0.342 e. The molecular formula is C26H27N5O. The Balaban J connectivity index is 1.22. The van der Waals surface area contributed by atoms with Gasteiger partial charge in [-0.3, -0.25) is 14.5 Å². The first-order valence-corrected chi connectivity index (χ1v) is 11.5. The smallest absolute Gasteiger partial charge is 0.224 e. The van der Waals surface area contributed by atoms with Gasteiger partial charge in [-0.2, -0.15) is 5.10 Å². The van der Waals surface area contributed by atoms with E-state index in [2.05, 4.69) is 63.0 Å². The Morgan fingerprint density at radius 2 is 2.06 bits per heavy atom. The number of aromatic nitrogens is 4. The van der Waals surface area contributed by atoms with Crippen molar-refractivity contribution in [2.45, 2.75) is 38.8 Å². The normalized spacial score (nSPS) is 20.3. The first-order valence-electron chi connectivity index (χ1n) is 11.5. The SMILES string of the molecule is C[C@@H]1CCN(C(=O)CCn2ncc3ccccc32)C[C@@H]1n1ccc2cnc3c(c21)C=CC3. The van der Waals surface area contributed by atoms with Crippen molar-refractivity contribution in [1.82, 2.24) is 24.2 Å². The molecule has 32 heavy (non-hydrogen) atoms. The molecule has 0 spiro atoms. The lowest BCUT2D eigenvalue weighted by Gasteiger charge is -2.38. The molecule has 3 aromatic heterocycles. The monoisotopic (exact) mass is 425 g/mol. The van der Waals surface area contributed by atoms with Gasteiger partial charge >= 0.3 is 0 Å². The molecule has 2 aliphatic rings. The van der Waals surface area contributed by atoms with Gasteiger partial charge in [0.15, 0.2) is 0 Å². The summed E-state index contributed by atoms with van der Waals surface area (Å²) in [6.45, 7) is 4.50. The van der Waals surface area contributed by atoms with Crippen molar-refractivity contribution in [3.63, 3.8) is 0 Å². The molecule has 0 radical (unpaired) electrons. The highest BCUT2D eigenvalue weighted by Gasteiger charge is 2.31. The van der Waals surface area contributed by atoms with E-state index in [0.717, 1.165) is 42.5 Å². The summed E-state index contributed by atoms with van der Waals surface area (Å²) < 4.78 is 4.34. The zero-order chi connectivity index (χ0) is 21.7. The van der Waals surface area contributed by atoms with E-state index in [0.29, 0.717) is 18.9 Å². The highest BCUT2D eigenvalue weighted by molar-refractivity contribution is 5.90. The van der Waals surface area contributed by atoms with Gasteiger partial charge in [-0.1, -0.05) is 37.3 Å². The van der Waals surface area contributed by atoms with Crippen LogP contribution in [-0.2, 0) is 17.8 Å². The minimum absolute atomic E-state index is 0.213. The number of allylic oxidation sites excluding steroid dienone is 1. The lowest BCUT2D eigenvalue weighted by Crippen LogP contribution is -2.44. The molecule has 1 aliphatic carbocycles. The van der Waals surface area contributed by atoms with Gasteiger partial charge in [0, 0.05) is 54.7 Å². The molecule has 6 rings (SSSR count). The molecule has 6 heteroatoms. The fourth-order valence-corrected chi connectivity index (χ4v) is 5.32. The van der Waals surface area contributed by atoms with E-state index in [9.17, 15) is 4.79 Å². The van der Waals surface area contributed by atoms with Crippen LogP contribution in [0, 0.1) is 5.92 Å². The molecular weight excluding hydrogens is 398 g/mol. The lowest BCUT2D eigenvalue weighted by molar-refractivity contribution is -0.133. The predicted octanol–water partition coefficient (Wildman–Crippen LogP) is 4.46. The van der Waals surface area contributed by atoms with Crippen LogP contribution in [0.3, 0.4) is 0 Å². The molecule has 0 saturated carbocycles. The summed E-state index contributed by atoms with van der Waals surface area (Å²) >= 11 is 0. The molecule has 1 aromatic carbocycles. The second-order valence-corrected chi connectivity index (χ2v) is 9.10. The second-order valence-electron chi connectivity index (χ2n) is 9.10. The highest BCUT2D eigenvalue weighted by Crippen LogP contribution is 2.35. The summed E-state index contributed by atoms with van der Waals surface area (Å²) in [5.74, 6) is 0.726. The number of carbonyl (C=O) groups is 1. The zero-order valence-corrected chi connectivity index (χ0v) is 18.3. The molecule has 1 saturated heterocycles. The van der Waals surface area contributed by atoms with Crippen molar-refractivity contribution in [2.24, 2.45) is 5.92 Å². The third-order valence-electron chi connectivity index (χ3n) is 7.18. The first-order chi connectivity index (χ1) is 15.7. The number of piperidine rings is 1. The lowest BCUT2D eigenvalue weighted by atomic mass is 9.92. The van der Waals surface area contributed by atoms with E-state index in [-0.39, 0.29) is 11.9 Å². The average Bonchev–Trinajstić information content (AvgIpc) is 3.55. The molecule has 4 aromatic rings. The van der Waals surface area contributed by atoms with Crippen LogP contribution in [0.5, 0.6) is 0 Å². The molecule has 162 valence electrons. The molecule has 0 unspecified atom stereocenters. The van der Waals surface area contributed by atoms with Gasteiger partial charge in [0.25, 0.3) is 0 Å². The van der Waals surface area contributed by atoms with E-state index in [4.69, 9.17) is 0 Å². The Morgan fingerprint density at radius 3 is 3.00 bits per heavy atom. The Labute approximate surface area is 187 Å². The van der Waals surface area contributed by atoms with Crippen molar-refractivity contribution in [2.75, 3.05) is 13.1 Å². The fourth-order valence-electron chi connectivity index (χ4n) is 5.32. The van der Waals surface area contributed by atoms with E-state index >= 15 is 0 Å². The van der Waals surface area contributed by atoms with E-state index < -0.39 is 0 Å². The van der Waals surface area contributed by atoms with Crippen LogP contribution < -0.4 is 0 Å².